The van der Waals surface area contributed by atoms with Gasteiger partial charge in [0.05, 0.1) is 6.61 Å². The van der Waals surface area contributed by atoms with E-state index in [0.29, 0.717) is 13.0 Å². The predicted octanol–water partition coefficient (Wildman–Crippen LogP) is -0.448. The normalized spacial score (nSPS) is 13.2. The topological polar surface area (TPSA) is 111 Å². The molecule has 0 heterocycles. The lowest BCUT2D eigenvalue weighted by atomic mass is 10.1. The highest BCUT2D eigenvalue weighted by Gasteiger charge is 2.15. The monoisotopic (exact) mass is 253 g/mol. The molecule has 0 aliphatic rings. The second kappa shape index (κ2) is 7.42. The van der Waals surface area contributed by atoms with Crippen LogP contribution < -0.4 is 15.2 Å². The molecule has 16 heavy (non-hydrogen) atoms. The second-order valence-electron chi connectivity index (χ2n) is 3.36. The van der Waals surface area contributed by atoms with E-state index in [2.05, 4.69) is 9.46 Å². The van der Waals surface area contributed by atoms with Crippen LogP contribution in [0, 0.1) is 5.92 Å². The molecule has 0 aromatic carbocycles. The van der Waals surface area contributed by atoms with E-state index in [1.165, 1.54) is 0 Å². The number of ether oxygens (including phenoxy) is 1. The number of nitrogens with two attached hydrogens (primary N) is 1. The fourth-order valence-corrected chi connectivity index (χ4v) is 1.80. The highest BCUT2D eigenvalue weighted by molar-refractivity contribution is 7.88. The van der Waals surface area contributed by atoms with Crippen LogP contribution in [0.15, 0.2) is 0 Å². The van der Waals surface area contributed by atoms with Crippen LogP contribution >= 0.6 is 0 Å². The van der Waals surface area contributed by atoms with Gasteiger partial charge in [0.25, 0.3) is 0 Å². The van der Waals surface area contributed by atoms with Gasteiger partial charge in [-0.1, -0.05) is 6.92 Å². The lowest BCUT2D eigenvalue weighted by molar-refractivity contribution is 0.158. The predicted molar refractivity (Wildman–Crippen MR) is 59.9 cm³/mol. The van der Waals surface area contributed by atoms with Gasteiger partial charge in [-0.05, 0) is 25.8 Å². The quantitative estimate of drug-likeness (QED) is 0.569. The van der Waals surface area contributed by atoms with Gasteiger partial charge < -0.3 is 10.5 Å². The Morgan fingerprint density at radius 2 is 2.12 bits per heavy atom. The van der Waals surface area contributed by atoms with Crippen molar-refractivity contribution in [1.82, 2.24) is 9.44 Å². The van der Waals surface area contributed by atoms with Gasteiger partial charge in [0.1, 0.15) is 0 Å². The largest absolute Gasteiger partial charge is 0.449 e. The molecule has 0 rings (SSSR count). The molecule has 0 saturated heterocycles. The van der Waals surface area contributed by atoms with E-state index in [9.17, 15) is 13.2 Å². The average Bonchev–Trinajstić information content (AvgIpc) is 2.15. The van der Waals surface area contributed by atoms with Crippen molar-refractivity contribution in [2.45, 2.75) is 20.3 Å². The molecule has 96 valence electrons. The van der Waals surface area contributed by atoms with E-state index in [-0.39, 0.29) is 19.1 Å². The number of carbonyl (C=O) groups is 1. The van der Waals surface area contributed by atoms with Gasteiger partial charge in [-0.25, -0.2) is 9.52 Å². The smallest absolute Gasteiger partial charge is 0.421 e. The minimum atomic E-state index is -3.83. The summed E-state index contributed by atoms with van der Waals surface area (Å²) in [6.07, 6.45) is -0.274. The Labute approximate surface area is 95.9 Å². The molecule has 1 unspecified atom stereocenters. The number of amides is 1. The van der Waals surface area contributed by atoms with Crippen molar-refractivity contribution in [3.63, 3.8) is 0 Å². The molecule has 1 atom stereocenters. The highest BCUT2D eigenvalue weighted by Crippen LogP contribution is 1.97. The van der Waals surface area contributed by atoms with Gasteiger partial charge in [0, 0.05) is 6.54 Å². The molecule has 0 spiro atoms. The van der Waals surface area contributed by atoms with Crippen LogP contribution in [0.3, 0.4) is 0 Å². The maximum atomic E-state index is 11.3. The van der Waals surface area contributed by atoms with E-state index >= 15 is 0 Å². The third kappa shape index (κ3) is 7.43. The Morgan fingerprint density at radius 3 is 2.62 bits per heavy atom. The van der Waals surface area contributed by atoms with Crippen molar-refractivity contribution in [3.05, 3.63) is 0 Å². The number of nitrogens with one attached hydrogen (secondary N) is 2. The minimum absolute atomic E-state index is 0.115. The fraction of sp³-hybridized carbons (Fsp3) is 0.875. The molecule has 0 aromatic heterocycles. The van der Waals surface area contributed by atoms with Gasteiger partial charge in [0.2, 0.25) is 0 Å². The Morgan fingerprint density at radius 1 is 1.50 bits per heavy atom. The number of carbonyl (C=O) groups excluding carboxylic acids is 1. The maximum absolute atomic E-state index is 11.3. The zero-order chi connectivity index (χ0) is 12.6. The van der Waals surface area contributed by atoms with Gasteiger partial charge in [-0.15, -0.1) is 0 Å². The first kappa shape index (κ1) is 15.1. The summed E-state index contributed by atoms with van der Waals surface area (Å²) in [6.45, 7) is 4.29. The molecule has 8 heteroatoms. The zero-order valence-corrected chi connectivity index (χ0v) is 10.3. The summed E-state index contributed by atoms with van der Waals surface area (Å²) in [6, 6.07) is 0. The van der Waals surface area contributed by atoms with Crippen molar-refractivity contribution in [2.75, 3.05) is 19.7 Å². The number of hydrogen-bond acceptors (Lipinski definition) is 5. The first-order valence-electron chi connectivity index (χ1n) is 5.05. The van der Waals surface area contributed by atoms with Crippen LogP contribution in [-0.4, -0.2) is 34.2 Å². The van der Waals surface area contributed by atoms with E-state index in [1.807, 2.05) is 6.92 Å². The van der Waals surface area contributed by atoms with Crippen molar-refractivity contribution in [1.29, 1.82) is 0 Å². The van der Waals surface area contributed by atoms with Crippen molar-refractivity contribution in [2.24, 2.45) is 11.7 Å². The Hall–Kier alpha value is -0.860. The first-order chi connectivity index (χ1) is 7.41. The fourth-order valence-electron chi connectivity index (χ4n) is 0.945. The maximum Gasteiger partial charge on any atom is 0.421 e. The summed E-state index contributed by atoms with van der Waals surface area (Å²) >= 11 is 0. The van der Waals surface area contributed by atoms with Crippen LogP contribution in [0.1, 0.15) is 20.3 Å². The molecular weight excluding hydrogens is 234 g/mol. The van der Waals surface area contributed by atoms with Crippen LogP contribution in [0.2, 0.25) is 0 Å². The zero-order valence-electron chi connectivity index (χ0n) is 9.52. The summed E-state index contributed by atoms with van der Waals surface area (Å²) in [4.78, 5) is 10.9. The molecule has 0 aliphatic carbocycles. The van der Waals surface area contributed by atoms with E-state index in [0.717, 1.165) is 0 Å². The molecule has 0 radical (unpaired) electrons. The van der Waals surface area contributed by atoms with Gasteiger partial charge in [-0.3, -0.25) is 0 Å². The summed E-state index contributed by atoms with van der Waals surface area (Å²) < 4.78 is 30.9. The van der Waals surface area contributed by atoms with E-state index in [4.69, 9.17) is 5.73 Å². The molecule has 1 amide bonds. The third-order valence-corrected chi connectivity index (χ3v) is 2.76. The van der Waals surface area contributed by atoms with Crippen LogP contribution in [0.25, 0.3) is 0 Å². The summed E-state index contributed by atoms with van der Waals surface area (Å²) in [5, 5.41) is 0. The van der Waals surface area contributed by atoms with E-state index in [1.54, 1.807) is 11.6 Å². The number of hydrogen-bond donors (Lipinski definition) is 3. The van der Waals surface area contributed by atoms with Gasteiger partial charge in [0.15, 0.2) is 0 Å². The Kier molecular flexibility index (Phi) is 7.02. The molecule has 0 bridgehead atoms. The average molecular weight is 253 g/mol. The van der Waals surface area contributed by atoms with Crippen molar-refractivity contribution < 1.29 is 17.9 Å². The van der Waals surface area contributed by atoms with Crippen LogP contribution in [-0.2, 0) is 14.9 Å². The molecular formula is C8H19N3O4S. The van der Waals surface area contributed by atoms with Gasteiger partial charge in [-0.2, -0.15) is 13.1 Å². The minimum Gasteiger partial charge on any atom is -0.449 e. The summed E-state index contributed by atoms with van der Waals surface area (Å²) in [5.74, 6) is 0.115. The molecule has 0 aliphatic heterocycles. The summed E-state index contributed by atoms with van der Waals surface area (Å²) in [5.41, 5.74) is 5.32. The van der Waals surface area contributed by atoms with Crippen LogP contribution in [0.4, 0.5) is 4.79 Å². The lowest BCUT2D eigenvalue weighted by Crippen LogP contribution is -2.42. The Balaban J connectivity index is 4.01. The van der Waals surface area contributed by atoms with Crippen molar-refractivity contribution in [3.8, 4) is 0 Å². The molecule has 0 fully saturated rings. The van der Waals surface area contributed by atoms with Crippen molar-refractivity contribution >= 4 is 16.3 Å². The van der Waals surface area contributed by atoms with E-state index < -0.39 is 16.3 Å². The molecule has 0 saturated carbocycles. The lowest BCUT2D eigenvalue weighted by Gasteiger charge is -2.12. The third-order valence-electron chi connectivity index (χ3n) is 1.77. The second-order valence-corrected chi connectivity index (χ2v) is 4.86. The Bertz CT molecular complexity index is 304. The summed E-state index contributed by atoms with van der Waals surface area (Å²) in [7, 11) is -3.83. The molecule has 7 nitrogen and oxygen atoms in total. The SMILES string of the molecule is CCOC(=O)NS(=O)(=O)NCC(C)CCN. The standard InChI is InChI=1S/C8H19N3O4S/c1-3-15-8(12)11-16(13,14)10-6-7(2)4-5-9/h7,10H,3-6,9H2,1-2H3,(H,11,12). The molecule has 0 aromatic rings. The number of rotatable bonds is 7. The van der Waals surface area contributed by atoms with Crippen LogP contribution in [0.5, 0.6) is 0 Å². The highest BCUT2D eigenvalue weighted by atomic mass is 32.2. The molecule has 4 N–H and O–H groups in total. The van der Waals surface area contributed by atoms with Gasteiger partial charge >= 0.3 is 16.3 Å². The first-order valence-corrected chi connectivity index (χ1v) is 6.53.